The van der Waals surface area contributed by atoms with Crippen LogP contribution in [0.2, 0.25) is 0 Å². The Bertz CT molecular complexity index is 1170. The van der Waals surface area contributed by atoms with Crippen LogP contribution < -0.4 is 10.5 Å². The van der Waals surface area contributed by atoms with Gasteiger partial charge in [-0.25, -0.2) is 0 Å². The molecule has 0 radical (unpaired) electrons. The first kappa shape index (κ1) is 22.2. The van der Waals surface area contributed by atoms with Gasteiger partial charge in [-0.05, 0) is 0 Å². The summed E-state index contributed by atoms with van der Waals surface area (Å²) >= 11 is -20.4. The van der Waals surface area contributed by atoms with Crippen LogP contribution in [0.25, 0.3) is 0 Å². The molecular formula is C18H15O8Re2Sb. The molecular weight excluding hydrogens is 838 g/mol. The van der Waals surface area contributed by atoms with Crippen molar-refractivity contribution >= 4 is 28.8 Å². The van der Waals surface area contributed by atoms with Crippen molar-refractivity contribution < 1.29 is 55.9 Å². The average molecular weight is 853 g/mol. The van der Waals surface area contributed by atoms with E-state index in [-0.39, 0.29) is 10.5 Å². The fourth-order valence-corrected chi connectivity index (χ4v) is 46.8. The molecule has 0 saturated carbocycles. The maximum atomic E-state index is 12.1. The molecule has 29 heavy (non-hydrogen) atoms. The zero-order valence-electron chi connectivity index (χ0n) is 14.6. The Hall–Kier alpha value is -1.48. The molecule has 0 amide bonds. The van der Waals surface area contributed by atoms with Crippen LogP contribution in [0.3, 0.4) is 0 Å². The third-order valence-corrected chi connectivity index (χ3v) is 38.0. The van der Waals surface area contributed by atoms with E-state index in [2.05, 4.69) is 0 Å². The normalized spacial score (nSPS) is 14.0. The van der Waals surface area contributed by atoms with Crippen molar-refractivity contribution in [2.75, 3.05) is 0 Å². The first-order chi connectivity index (χ1) is 13.6. The fraction of sp³-hybridized carbons (Fsp3) is 0. The van der Waals surface area contributed by atoms with Gasteiger partial charge >= 0.3 is 176 Å². The van der Waals surface area contributed by atoms with Crippen LogP contribution >= 0.6 is 0 Å². The van der Waals surface area contributed by atoms with Crippen LogP contribution in [0, 0.1) is 0 Å². The van der Waals surface area contributed by atoms with E-state index in [4.69, 9.17) is 3.48 Å². The van der Waals surface area contributed by atoms with Crippen LogP contribution in [-0.4, -0.2) is 18.2 Å². The second-order valence-electron chi connectivity index (χ2n) is 5.86. The maximum absolute atomic E-state index is 12.1. The number of benzene rings is 3. The van der Waals surface area contributed by atoms with Gasteiger partial charge < -0.3 is 0 Å². The Morgan fingerprint density at radius 3 is 0.897 bits per heavy atom. The van der Waals surface area contributed by atoms with Crippen molar-refractivity contribution in [3.8, 4) is 0 Å². The van der Waals surface area contributed by atoms with E-state index in [1.54, 1.807) is 18.2 Å². The van der Waals surface area contributed by atoms with Crippen molar-refractivity contribution in [3.63, 3.8) is 0 Å². The fourth-order valence-electron chi connectivity index (χ4n) is 3.12. The molecule has 3 aromatic carbocycles. The van der Waals surface area contributed by atoms with E-state index < -0.39 is 49.8 Å². The summed E-state index contributed by atoms with van der Waals surface area (Å²) in [4.78, 5) is 0. The van der Waals surface area contributed by atoms with E-state index in [1.807, 2.05) is 0 Å². The summed E-state index contributed by atoms with van der Waals surface area (Å²) in [5.74, 6) is 0. The van der Waals surface area contributed by atoms with E-state index in [1.165, 1.54) is 72.8 Å². The topological polar surface area (TPSA) is 121 Å². The molecule has 0 aromatic heterocycles. The van der Waals surface area contributed by atoms with Gasteiger partial charge in [0.25, 0.3) is 0 Å². The van der Waals surface area contributed by atoms with Crippen molar-refractivity contribution in [2.24, 2.45) is 0 Å². The van der Waals surface area contributed by atoms with Gasteiger partial charge in [-0.1, -0.05) is 0 Å². The molecule has 0 aliphatic carbocycles. The molecule has 0 aliphatic heterocycles. The third kappa shape index (κ3) is 4.35. The molecule has 0 bridgehead atoms. The van der Waals surface area contributed by atoms with Crippen LogP contribution in [0.4, 0.5) is 0 Å². The Labute approximate surface area is 174 Å². The van der Waals surface area contributed by atoms with Crippen molar-refractivity contribution in [3.05, 3.63) is 91.0 Å². The molecule has 3 rings (SSSR count). The molecule has 0 saturated heterocycles. The predicted molar refractivity (Wildman–Crippen MR) is 90.3 cm³/mol. The minimum absolute atomic E-state index is 0.0419. The number of rotatable bonds is 7. The molecule has 3 aromatic rings. The van der Waals surface area contributed by atoms with Gasteiger partial charge in [0.15, 0.2) is 0 Å². The van der Waals surface area contributed by atoms with Gasteiger partial charge in [0.2, 0.25) is 0 Å². The average Bonchev–Trinajstić information content (AvgIpc) is 2.67. The Morgan fingerprint density at radius 2 is 0.690 bits per heavy atom. The summed E-state index contributed by atoms with van der Waals surface area (Å²) in [6.45, 7) is 0. The van der Waals surface area contributed by atoms with Crippen molar-refractivity contribution in [2.45, 2.75) is 0 Å². The van der Waals surface area contributed by atoms with E-state index >= 15 is 0 Å². The molecule has 11 heteroatoms. The van der Waals surface area contributed by atoms with Gasteiger partial charge in [-0.15, -0.1) is 0 Å². The monoisotopic (exact) mass is 854 g/mol. The summed E-state index contributed by atoms with van der Waals surface area (Å²) in [5.41, 5.74) is 0. The minimum atomic E-state index is -6.92. The Morgan fingerprint density at radius 1 is 0.448 bits per heavy atom. The first-order valence-corrected chi connectivity index (χ1v) is 22.8. The number of hydrogen-bond donors (Lipinski definition) is 0. The van der Waals surface area contributed by atoms with Crippen LogP contribution in [0.5, 0.6) is 0 Å². The van der Waals surface area contributed by atoms with Crippen LogP contribution in [-0.2, 0) is 55.9 Å². The van der Waals surface area contributed by atoms with E-state index in [0.717, 1.165) is 0 Å². The zero-order chi connectivity index (χ0) is 21.2. The molecule has 0 spiro atoms. The van der Waals surface area contributed by atoms with E-state index in [0.29, 0.717) is 0 Å². The summed E-state index contributed by atoms with van der Waals surface area (Å²) in [7, 11) is 0. The molecule has 154 valence electrons. The Balaban J connectivity index is 2.69. The van der Waals surface area contributed by atoms with Crippen molar-refractivity contribution in [1.82, 2.24) is 0 Å². The zero-order valence-corrected chi connectivity index (χ0v) is 22.6. The molecule has 0 atom stereocenters. The van der Waals surface area contributed by atoms with Gasteiger partial charge in [-0.2, -0.15) is 0 Å². The molecule has 0 aliphatic rings. The molecule has 0 fully saturated rings. The Kier molecular flexibility index (Phi) is 6.11. The summed E-state index contributed by atoms with van der Waals surface area (Å²) in [5, 5.41) is 0. The molecule has 0 unspecified atom stereocenters. The predicted octanol–water partition coefficient (Wildman–Crippen LogP) is 1.35. The van der Waals surface area contributed by atoms with Gasteiger partial charge in [0, 0.05) is 0 Å². The molecule has 8 nitrogen and oxygen atoms in total. The summed E-state index contributed by atoms with van der Waals surface area (Å²) in [6, 6.07) is 22.4. The van der Waals surface area contributed by atoms with Gasteiger partial charge in [0.1, 0.15) is 0 Å². The molecule has 0 N–H and O–H groups in total. The second kappa shape index (κ2) is 7.98. The van der Waals surface area contributed by atoms with E-state index in [9.17, 15) is 20.8 Å². The third-order valence-electron chi connectivity index (χ3n) is 4.11. The molecule has 0 heterocycles. The van der Waals surface area contributed by atoms with Crippen LogP contribution in [0.15, 0.2) is 91.0 Å². The SMILES string of the molecule is [O]=[Re](=[O])(=[O])[O][Sb]([O][Re](=[O])(=[O])=[O])([c]1ccccc1)([c]1ccccc1)[c]1ccccc1. The standard InChI is InChI=1S/3C6H5.8O.2Re.Sb/c3*1-2-4-6-5-3-1;;;;;;;;;;;/h3*1-5H;;;;;;;;;;;. The number of hydrogen-bond acceptors (Lipinski definition) is 8. The summed E-state index contributed by atoms with van der Waals surface area (Å²) in [6.07, 6.45) is 0. The summed E-state index contributed by atoms with van der Waals surface area (Å²) < 4.78 is 83.3. The first-order valence-electron chi connectivity index (χ1n) is 8.00. The van der Waals surface area contributed by atoms with Gasteiger partial charge in [0.05, 0.1) is 0 Å². The van der Waals surface area contributed by atoms with Crippen molar-refractivity contribution in [1.29, 1.82) is 0 Å². The second-order valence-corrected chi connectivity index (χ2v) is 28.6. The quantitative estimate of drug-likeness (QED) is 0.327. The van der Waals surface area contributed by atoms with Gasteiger partial charge in [-0.3, -0.25) is 0 Å². The van der Waals surface area contributed by atoms with Crippen LogP contribution in [0.1, 0.15) is 0 Å².